The predicted octanol–water partition coefficient (Wildman–Crippen LogP) is 3.21. The van der Waals surface area contributed by atoms with Crippen LogP contribution in [0.15, 0.2) is 30.3 Å². The number of alkyl halides is 3. The molecule has 4 N–H and O–H groups in total. The average molecular weight is 549 g/mol. The van der Waals surface area contributed by atoms with Crippen LogP contribution in [-0.2, 0) is 4.74 Å². The standard InChI is InChI=1S/C27H35F3N6O3/c1-17-2-3-20(32-26(38)35-5-4-18(14-35)13-27(28,29)30)12-21(17)19-10-24(34-6-8-39-9-7-34)33-25(11-19)36-15-22(31)23(37)16-36/h2-3,10-12,18,22-23,37H,4-9,13-16,31H2,1H3,(H,32,38)/t18-,22+,23+/m0/s1. The average Bonchev–Trinajstić information content (AvgIpc) is 3.50. The number of ether oxygens (including phenoxy) is 1. The predicted molar refractivity (Wildman–Crippen MR) is 143 cm³/mol. The van der Waals surface area contributed by atoms with Gasteiger partial charge in [-0.3, -0.25) is 0 Å². The van der Waals surface area contributed by atoms with Gasteiger partial charge in [0.1, 0.15) is 11.6 Å². The van der Waals surface area contributed by atoms with Gasteiger partial charge in [0.2, 0.25) is 0 Å². The number of pyridine rings is 1. The summed E-state index contributed by atoms with van der Waals surface area (Å²) in [6, 6.07) is 8.79. The van der Waals surface area contributed by atoms with Crippen LogP contribution in [0, 0.1) is 12.8 Å². The quantitative estimate of drug-likeness (QED) is 0.527. The number of aliphatic hydroxyl groups excluding tert-OH is 1. The van der Waals surface area contributed by atoms with Gasteiger partial charge in [0.25, 0.3) is 0 Å². The van der Waals surface area contributed by atoms with Crippen molar-refractivity contribution >= 4 is 23.4 Å². The van der Waals surface area contributed by atoms with E-state index in [0.29, 0.717) is 63.9 Å². The molecule has 1 aromatic carbocycles. The Morgan fingerprint density at radius 3 is 2.49 bits per heavy atom. The Kier molecular flexibility index (Phi) is 7.88. The number of likely N-dealkylation sites (tertiary alicyclic amines) is 1. The first-order valence-electron chi connectivity index (χ1n) is 13.3. The normalized spacial score (nSPS) is 23.9. The van der Waals surface area contributed by atoms with Crippen molar-refractivity contribution < 1.29 is 27.8 Å². The fraction of sp³-hybridized carbons (Fsp3) is 0.556. The Morgan fingerprint density at radius 1 is 1.10 bits per heavy atom. The first-order valence-corrected chi connectivity index (χ1v) is 13.3. The molecule has 39 heavy (non-hydrogen) atoms. The van der Waals surface area contributed by atoms with Gasteiger partial charge in [-0.1, -0.05) is 6.07 Å². The second-order valence-electron chi connectivity index (χ2n) is 10.7. The maximum atomic E-state index is 12.9. The van der Waals surface area contributed by atoms with Gasteiger partial charge in [-0.05, 0) is 60.2 Å². The molecule has 12 heteroatoms. The second kappa shape index (κ2) is 11.2. The Bertz CT molecular complexity index is 1180. The molecule has 1 aromatic heterocycles. The van der Waals surface area contributed by atoms with Crippen LogP contribution in [0.5, 0.6) is 0 Å². The Hall–Kier alpha value is -3.09. The molecule has 4 heterocycles. The van der Waals surface area contributed by atoms with E-state index >= 15 is 0 Å². The summed E-state index contributed by atoms with van der Waals surface area (Å²) in [7, 11) is 0. The summed E-state index contributed by atoms with van der Waals surface area (Å²) in [6.45, 7) is 5.87. The van der Waals surface area contributed by atoms with Crippen molar-refractivity contribution in [3.05, 3.63) is 35.9 Å². The van der Waals surface area contributed by atoms with Crippen LogP contribution in [0.25, 0.3) is 11.1 Å². The van der Waals surface area contributed by atoms with Crippen molar-refractivity contribution in [2.24, 2.45) is 11.7 Å². The summed E-state index contributed by atoms with van der Waals surface area (Å²) in [5.74, 6) is 0.931. The molecule has 3 aliphatic heterocycles. The highest BCUT2D eigenvalue weighted by Crippen LogP contribution is 2.34. The highest BCUT2D eigenvalue weighted by Gasteiger charge is 2.36. The molecule has 0 bridgehead atoms. The third kappa shape index (κ3) is 6.56. The monoisotopic (exact) mass is 548 g/mol. The van der Waals surface area contributed by atoms with E-state index in [9.17, 15) is 23.1 Å². The molecule has 0 unspecified atom stereocenters. The number of urea groups is 1. The number of morpholine rings is 1. The van der Waals surface area contributed by atoms with Gasteiger partial charge in [-0.25, -0.2) is 9.78 Å². The maximum Gasteiger partial charge on any atom is 0.389 e. The van der Waals surface area contributed by atoms with Crippen LogP contribution in [0.2, 0.25) is 0 Å². The zero-order valence-electron chi connectivity index (χ0n) is 22.0. The van der Waals surface area contributed by atoms with Crippen LogP contribution in [0.1, 0.15) is 18.4 Å². The van der Waals surface area contributed by atoms with Gasteiger partial charge in [-0.2, -0.15) is 13.2 Å². The number of hydrogen-bond donors (Lipinski definition) is 3. The zero-order valence-corrected chi connectivity index (χ0v) is 22.0. The number of hydrogen-bond acceptors (Lipinski definition) is 7. The number of benzene rings is 1. The first kappa shape index (κ1) is 27.5. The summed E-state index contributed by atoms with van der Waals surface area (Å²) >= 11 is 0. The van der Waals surface area contributed by atoms with Crippen molar-refractivity contribution in [1.82, 2.24) is 9.88 Å². The lowest BCUT2D eigenvalue weighted by molar-refractivity contribution is -0.143. The number of carbonyl (C=O) groups is 1. The molecule has 0 saturated carbocycles. The third-order valence-electron chi connectivity index (χ3n) is 7.68. The van der Waals surface area contributed by atoms with Gasteiger partial charge >= 0.3 is 12.2 Å². The molecule has 3 aliphatic rings. The Labute approximate surface area is 225 Å². The fourth-order valence-corrected chi connectivity index (χ4v) is 5.50. The van der Waals surface area contributed by atoms with Crippen molar-refractivity contribution in [3.63, 3.8) is 0 Å². The first-order chi connectivity index (χ1) is 18.6. The van der Waals surface area contributed by atoms with E-state index in [1.165, 1.54) is 4.90 Å². The number of nitrogens with zero attached hydrogens (tertiary/aromatic N) is 4. The lowest BCUT2D eigenvalue weighted by Crippen LogP contribution is -2.37. The van der Waals surface area contributed by atoms with Crippen LogP contribution in [-0.4, -0.2) is 91.8 Å². The smallest absolute Gasteiger partial charge is 0.389 e. The van der Waals surface area contributed by atoms with Crippen molar-refractivity contribution in [2.75, 3.05) is 67.6 Å². The maximum absolute atomic E-state index is 12.9. The van der Waals surface area contributed by atoms with E-state index in [1.807, 2.05) is 36.1 Å². The summed E-state index contributed by atoms with van der Waals surface area (Å²) in [4.78, 5) is 23.3. The molecule has 0 aliphatic carbocycles. The lowest BCUT2D eigenvalue weighted by atomic mass is 10.00. The molecule has 3 fully saturated rings. The molecule has 3 saturated heterocycles. The largest absolute Gasteiger partial charge is 0.390 e. The van der Waals surface area contributed by atoms with E-state index in [-0.39, 0.29) is 12.6 Å². The van der Waals surface area contributed by atoms with E-state index < -0.39 is 30.7 Å². The minimum absolute atomic E-state index is 0.0878. The van der Waals surface area contributed by atoms with Gasteiger partial charge < -0.3 is 35.6 Å². The third-order valence-corrected chi connectivity index (χ3v) is 7.68. The van der Waals surface area contributed by atoms with Gasteiger partial charge in [-0.15, -0.1) is 0 Å². The van der Waals surface area contributed by atoms with E-state index in [2.05, 4.69) is 10.2 Å². The summed E-state index contributed by atoms with van der Waals surface area (Å²) < 4.78 is 43.9. The summed E-state index contributed by atoms with van der Waals surface area (Å²) in [6.07, 6.45) is -5.40. The molecule has 5 rings (SSSR count). The SMILES string of the molecule is Cc1ccc(NC(=O)N2CC[C@@H](CC(F)(F)F)C2)cc1-c1cc(N2CCOCC2)nc(N2C[C@@H](N)[C@H](O)C2)c1. The van der Waals surface area contributed by atoms with E-state index in [1.54, 1.807) is 6.07 Å². The number of carbonyl (C=O) groups excluding carboxylic acids is 1. The number of halogens is 3. The van der Waals surface area contributed by atoms with Crippen LogP contribution in [0.4, 0.5) is 35.3 Å². The molecular weight excluding hydrogens is 513 g/mol. The molecule has 0 spiro atoms. The van der Waals surface area contributed by atoms with Crippen molar-refractivity contribution in [2.45, 2.75) is 38.1 Å². The highest BCUT2D eigenvalue weighted by molar-refractivity contribution is 5.91. The van der Waals surface area contributed by atoms with Crippen molar-refractivity contribution in [1.29, 1.82) is 0 Å². The highest BCUT2D eigenvalue weighted by atomic mass is 19.4. The number of aryl methyl sites for hydroxylation is 1. The Morgan fingerprint density at radius 2 is 1.82 bits per heavy atom. The summed E-state index contributed by atoms with van der Waals surface area (Å²) in [5.41, 5.74) is 9.41. The number of nitrogens with one attached hydrogen (secondary N) is 1. The number of aliphatic hydroxyl groups is 1. The van der Waals surface area contributed by atoms with Gasteiger partial charge in [0, 0.05) is 57.4 Å². The molecule has 2 aromatic rings. The van der Waals surface area contributed by atoms with E-state index in [0.717, 1.165) is 22.5 Å². The Balaban J connectivity index is 1.39. The molecule has 9 nitrogen and oxygen atoms in total. The zero-order chi connectivity index (χ0) is 27.7. The second-order valence-corrected chi connectivity index (χ2v) is 10.7. The fourth-order valence-electron chi connectivity index (χ4n) is 5.50. The summed E-state index contributed by atoms with van der Waals surface area (Å²) in [5, 5.41) is 13.1. The number of anilines is 3. The topological polar surface area (TPSA) is 107 Å². The molecule has 2 amide bonds. The lowest BCUT2D eigenvalue weighted by Gasteiger charge is -2.29. The number of nitrogens with two attached hydrogens (primary N) is 1. The molecular formula is C27H35F3N6O3. The number of β-amino-alcohol motifs (C(OH)–C–C–N with tert-alkyl or cyclic N) is 1. The minimum atomic E-state index is -4.23. The molecule has 0 radical (unpaired) electrons. The van der Waals surface area contributed by atoms with E-state index in [4.69, 9.17) is 15.5 Å². The van der Waals surface area contributed by atoms with Crippen LogP contribution >= 0.6 is 0 Å². The number of amides is 2. The number of aromatic nitrogens is 1. The van der Waals surface area contributed by atoms with Gasteiger partial charge in [0.15, 0.2) is 0 Å². The number of rotatable bonds is 5. The molecule has 212 valence electrons. The van der Waals surface area contributed by atoms with Crippen LogP contribution < -0.4 is 20.9 Å². The van der Waals surface area contributed by atoms with Gasteiger partial charge in [0.05, 0.1) is 19.3 Å². The molecule has 3 atom stereocenters. The van der Waals surface area contributed by atoms with Crippen LogP contribution in [0.3, 0.4) is 0 Å². The minimum Gasteiger partial charge on any atom is -0.390 e. The van der Waals surface area contributed by atoms with Crippen molar-refractivity contribution in [3.8, 4) is 11.1 Å².